The highest BCUT2D eigenvalue weighted by atomic mass is 16.3. The fourth-order valence-corrected chi connectivity index (χ4v) is 2.37. The van der Waals surface area contributed by atoms with E-state index in [2.05, 4.69) is 10.5 Å². The molecule has 0 saturated carbocycles. The first kappa shape index (κ1) is 10.0. The van der Waals surface area contributed by atoms with Gasteiger partial charge in [0.25, 0.3) is 5.91 Å². The van der Waals surface area contributed by atoms with Crippen LogP contribution < -0.4 is 5.32 Å². The Morgan fingerprint density at radius 3 is 3.12 bits per heavy atom. The summed E-state index contributed by atoms with van der Waals surface area (Å²) in [6.45, 7) is 1.47. The van der Waals surface area contributed by atoms with Gasteiger partial charge in [0.05, 0.1) is 11.1 Å². The summed E-state index contributed by atoms with van der Waals surface area (Å²) in [7, 11) is 0. The van der Waals surface area contributed by atoms with Crippen molar-refractivity contribution < 1.29 is 4.79 Å². The monoisotopic (exact) mass is 229 g/mol. The van der Waals surface area contributed by atoms with Crippen molar-refractivity contribution >= 4 is 16.8 Å². The number of hydrogen-bond donors (Lipinski definition) is 1. The van der Waals surface area contributed by atoms with Crippen molar-refractivity contribution in [3.05, 3.63) is 40.4 Å². The lowest BCUT2D eigenvalue weighted by Crippen LogP contribution is -2.24. The van der Waals surface area contributed by atoms with Crippen molar-refractivity contribution in [3.63, 3.8) is 0 Å². The van der Waals surface area contributed by atoms with Gasteiger partial charge in [0, 0.05) is 30.2 Å². The topological polar surface area (TPSA) is 63.5 Å². The molecule has 2 heterocycles. The van der Waals surface area contributed by atoms with E-state index < -0.39 is 0 Å². The van der Waals surface area contributed by atoms with Crippen LogP contribution in [0.5, 0.6) is 0 Å². The van der Waals surface area contributed by atoms with E-state index in [0.29, 0.717) is 12.1 Å². The molecule has 2 aromatic rings. The fourth-order valence-electron chi connectivity index (χ4n) is 2.37. The second-order valence-corrected chi connectivity index (χ2v) is 4.09. The van der Waals surface area contributed by atoms with Gasteiger partial charge in [0.2, 0.25) is 0 Å². The minimum absolute atomic E-state index is 0.0573. The molecule has 1 aromatic carbocycles. The van der Waals surface area contributed by atoms with Crippen LogP contribution in [-0.2, 0) is 13.1 Å². The third-order valence-electron chi connectivity index (χ3n) is 3.10. The maximum atomic E-state index is 11.8. The molecular weight excluding hydrogens is 218 g/mol. The second kappa shape index (κ2) is 3.69. The first-order valence-electron chi connectivity index (χ1n) is 5.49. The first-order chi connectivity index (χ1) is 8.31. The van der Waals surface area contributed by atoms with Crippen LogP contribution in [0.1, 0.15) is 15.9 Å². The Hall–Kier alpha value is -2.17. The van der Waals surface area contributed by atoms with Crippen molar-refractivity contribution in [2.24, 2.45) is 5.18 Å². The largest absolute Gasteiger partial charge is 0.350 e. The van der Waals surface area contributed by atoms with E-state index in [9.17, 15) is 9.70 Å². The molecule has 0 spiro atoms. The molecule has 17 heavy (non-hydrogen) atoms. The van der Waals surface area contributed by atoms with E-state index in [1.165, 1.54) is 0 Å². The van der Waals surface area contributed by atoms with Gasteiger partial charge in [-0.3, -0.25) is 4.79 Å². The van der Waals surface area contributed by atoms with Crippen LogP contribution in [-0.4, -0.2) is 17.0 Å². The predicted molar refractivity (Wildman–Crippen MR) is 63.8 cm³/mol. The molecule has 0 unspecified atom stereocenters. The van der Waals surface area contributed by atoms with Crippen LogP contribution in [0.15, 0.2) is 29.6 Å². The van der Waals surface area contributed by atoms with Gasteiger partial charge in [0.1, 0.15) is 6.54 Å². The number of amides is 1. The van der Waals surface area contributed by atoms with Crippen molar-refractivity contribution in [2.75, 3.05) is 6.54 Å². The molecule has 1 amide bonds. The average molecular weight is 229 g/mol. The zero-order valence-corrected chi connectivity index (χ0v) is 9.14. The molecule has 0 fully saturated rings. The molecule has 1 aliphatic heterocycles. The van der Waals surface area contributed by atoms with Gasteiger partial charge in [-0.2, -0.15) is 4.91 Å². The van der Waals surface area contributed by atoms with Crippen LogP contribution in [0.3, 0.4) is 0 Å². The Bertz CT molecular complexity index is 615. The van der Waals surface area contributed by atoms with E-state index >= 15 is 0 Å². The summed E-state index contributed by atoms with van der Waals surface area (Å²) in [6.07, 6.45) is 1.91. The van der Waals surface area contributed by atoms with Gasteiger partial charge in [-0.05, 0) is 6.07 Å². The number of nitrogens with zero attached hydrogens (tertiary/aromatic N) is 2. The van der Waals surface area contributed by atoms with Crippen LogP contribution in [0.2, 0.25) is 0 Å². The summed E-state index contributed by atoms with van der Waals surface area (Å²) >= 11 is 0. The number of hydrogen-bond acceptors (Lipinski definition) is 3. The summed E-state index contributed by atoms with van der Waals surface area (Å²) in [4.78, 5) is 22.3. The Morgan fingerprint density at radius 2 is 2.29 bits per heavy atom. The Labute approximate surface area is 97.4 Å². The van der Waals surface area contributed by atoms with Crippen LogP contribution in [0.4, 0.5) is 0 Å². The SMILES string of the molecule is O=NCc1cn2c3c(cccc13)C(=O)NCC2. The molecule has 0 atom stereocenters. The molecule has 5 heteroatoms. The standard InChI is InChI=1S/C12H11N3O2/c16-12-10-3-1-2-9-8(6-14-17)7-15(11(9)10)5-4-13-12/h1-3,7H,4-6H2,(H,13,16). The number of benzene rings is 1. The number of carbonyl (C=O) groups excluding carboxylic acids is 1. The third kappa shape index (κ3) is 1.43. The fraction of sp³-hybridized carbons (Fsp3) is 0.250. The highest BCUT2D eigenvalue weighted by molar-refractivity contribution is 6.07. The van der Waals surface area contributed by atoms with E-state index in [-0.39, 0.29) is 12.5 Å². The van der Waals surface area contributed by atoms with Gasteiger partial charge in [0.15, 0.2) is 0 Å². The lowest BCUT2D eigenvalue weighted by molar-refractivity contribution is 0.0956. The average Bonchev–Trinajstić information content (AvgIpc) is 2.59. The number of carbonyl (C=O) groups is 1. The highest BCUT2D eigenvalue weighted by Crippen LogP contribution is 2.26. The lowest BCUT2D eigenvalue weighted by Gasteiger charge is -2.01. The molecule has 0 bridgehead atoms. The first-order valence-corrected chi connectivity index (χ1v) is 5.49. The number of nitroso groups, excluding NO2 is 1. The van der Waals surface area contributed by atoms with Crippen LogP contribution in [0, 0.1) is 4.91 Å². The smallest absolute Gasteiger partial charge is 0.253 e. The third-order valence-corrected chi connectivity index (χ3v) is 3.10. The molecule has 0 saturated heterocycles. The number of aromatic nitrogens is 1. The van der Waals surface area contributed by atoms with Crippen molar-refractivity contribution in [1.29, 1.82) is 0 Å². The Kier molecular flexibility index (Phi) is 2.18. The molecular formula is C12H11N3O2. The molecule has 3 rings (SSSR count). The minimum atomic E-state index is -0.0573. The van der Waals surface area contributed by atoms with Gasteiger partial charge in [-0.15, -0.1) is 0 Å². The van der Waals surface area contributed by atoms with Crippen molar-refractivity contribution in [2.45, 2.75) is 13.1 Å². The zero-order valence-electron chi connectivity index (χ0n) is 9.14. The van der Waals surface area contributed by atoms with E-state index in [1.54, 1.807) is 6.07 Å². The Balaban J connectivity index is 2.34. The van der Waals surface area contributed by atoms with E-state index in [4.69, 9.17) is 0 Å². The number of rotatable bonds is 2. The van der Waals surface area contributed by atoms with Crippen LogP contribution in [0.25, 0.3) is 10.9 Å². The van der Waals surface area contributed by atoms with Gasteiger partial charge >= 0.3 is 0 Å². The normalized spacial score (nSPS) is 14.5. The lowest BCUT2D eigenvalue weighted by atomic mass is 10.1. The summed E-state index contributed by atoms with van der Waals surface area (Å²) < 4.78 is 2.02. The van der Waals surface area contributed by atoms with Crippen molar-refractivity contribution in [3.8, 4) is 0 Å². The molecule has 86 valence electrons. The second-order valence-electron chi connectivity index (χ2n) is 4.09. The summed E-state index contributed by atoms with van der Waals surface area (Å²) in [6, 6.07) is 5.56. The minimum Gasteiger partial charge on any atom is -0.350 e. The van der Waals surface area contributed by atoms with Gasteiger partial charge in [-0.25, -0.2) is 0 Å². The quantitative estimate of drug-likeness (QED) is 0.796. The molecule has 0 radical (unpaired) electrons. The summed E-state index contributed by atoms with van der Waals surface area (Å²) in [5.74, 6) is -0.0573. The molecule has 5 nitrogen and oxygen atoms in total. The number of para-hydroxylation sites is 1. The maximum Gasteiger partial charge on any atom is 0.253 e. The highest BCUT2D eigenvalue weighted by Gasteiger charge is 2.19. The maximum absolute atomic E-state index is 11.8. The Morgan fingerprint density at radius 1 is 1.41 bits per heavy atom. The van der Waals surface area contributed by atoms with Crippen LogP contribution >= 0.6 is 0 Å². The van der Waals surface area contributed by atoms with Gasteiger partial charge in [-0.1, -0.05) is 17.3 Å². The number of nitrogens with one attached hydrogen (secondary N) is 1. The molecule has 1 aliphatic rings. The molecule has 0 aliphatic carbocycles. The van der Waals surface area contributed by atoms with E-state index in [0.717, 1.165) is 23.0 Å². The summed E-state index contributed by atoms with van der Waals surface area (Å²) in [5, 5.41) is 6.72. The molecule has 1 N–H and O–H groups in total. The van der Waals surface area contributed by atoms with E-state index in [1.807, 2.05) is 22.9 Å². The van der Waals surface area contributed by atoms with Gasteiger partial charge < -0.3 is 9.88 Å². The summed E-state index contributed by atoms with van der Waals surface area (Å²) in [5.41, 5.74) is 2.45. The predicted octanol–water partition coefficient (Wildman–Crippen LogP) is 1.65. The van der Waals surface area contributed by atoms with Crippen molar-refractivity contribution in [1.82, 2.24) is 9.88 Å². The molecule has 1 aromatic heterocycles. The zero-order chi connectivity index (χ0) is 11.8.